The number of aliphatic carboxylic acids is 1. The summed E-state index contributed by atoms with van der Waals surface area (Å²) in [4.78, 5) is 10.7. The summed E-state index contributed by atoms with van der Waals surface area (Å²) in [5.74, 6) is -1.28. The molecule has 0 atom stereocenters. The Morgan fingerprint density at radius 3 is 2.58 bits per heavy atom. The summed E-state index contributed by atoms with van der Waals surface area (Å²) >= 11 is 0. The van der Waals surface area contributed by atoms with E-state index in [2.05, 4.69) is 0 Å². The highest BCUT2D eigenvalue weighted by atomic mass is 19.1. The molecule has 0 aromatic heterocycles. The molecular weight excluding hydrogens is 243 g/mol. The van der Waals surface area contributed by atoms with Gasteiger partial charge in [-0.05, 0) is 35.8 Å². The fraction of sp³-hybridized carbons (Fsp3) is 0.0625. The molecule has 19 heavy (non-hydrogen) atoms. The highest BCUT2D eigenvalue weighted by Gasteiger charge is 2.05. The van der Waals surface area contributed by atoms with E-state index in [-0.39, 0.29) is 5.82 Å². The lowest BCUT2D eigenvalue weighted by molar-refractivity contribution is -0.131. The van der Waals surface area contributed by atoms with E-state index >= 15 is 0 Å². The predicted octanol–water partition coefficient (Wildman–Crippen LogP) is 3.98. The first-order chi connectivity index (χ1) is 9.08. The van der Waals surface area contributed by atoms with E-state index in [9.17, 15) is 9.18 Å². The molecule has 0 aliphatic carbocycles. The maximum Gasteiger partial charge on any atom is 0.328 e. The van der Waals surface area contributed by atoms with Crippen molar-refractivity contribution in [1.82, 2.24) is 0 Å². The summed E-state index contributed by atoms with van der Waals surface area (Å²) in [5.41, 5.74) is 2.63. The lowest BCUT2D eigenvalue weighted by Gasteiger charge is -2.06. The summed E-state index contributed by atoms with van der Waals surface area (Å²) in [6.45, 7) is 1.72. The van der Waals surface area contributed by atoms with Gasteiger partial charge in [0, 0.05) is 11.6 Å². The molecule has 96 valence electrons. The van der Waals surface area contributed by atoms with Crippen LogP contribution < -0.4 is 0 Å². The number of carboxylic acids is 1. The van der Waals surface area contributed by atoms with Crippen molar-refractivity contribution < 1.29 is 14.3 Å². The Hall–Kier alpha value is -2.42. The lowest BCUT2D eigenvalue weighted by Crippen LogP contribution is -1.91. The molecule has 0 saturated carbocycles. The van der Waals surface area contributed by atoms with Crippen LogP contribution in [0.25, 0.3) is 16.7 Å². The van der Waals surface area contributed by atoms with Crippen LogP contribution in [0.2, 0.25) is 0 Å². The smallest absolute Gasteiger partial charge is 0.328 e. The van der Waals surface area contributed by atoms with Crippen LogP contribution in [-0.2, 0) is 4.79 Å². The molecular formula is C16H13FO2. The Bertz CT molecular complexity index is 645. The van der Waals surface area contributed by atoms with Crippen LogP contribution in [0.1, 0.15) is 12.5 Å². The predicted molar refractivity (Wildman–Crippen MR) is 73.1 cm³/mol. The summed E-state index contributed by atoms with van der Waals surface area (Å²) in [7, 11) is 0. The van der Waals surface area contributed by atoms with E-state index in [0.29, 0.717) is 11.1 Å². The van der Waals surface area contributed by atoms with Gasteiger partial charge in [0.05, 0.1) is 0 Å². The number of benzene rings is 2. The number of hydrogen-bond donors (Lipinski definition) is 1. The molecule has 2 nitrogen and oxygen atoms in total. The molecule has 0 aliphatic rings. The van der Waals surface area contributed by atoms with Crippen molar-refractivity contribution in [2.45, 2.75) is 6.92 Å². The summed E-state index contributed by atoms with van der Waals surface area (Å²) in [5, 5.41) is 8.74. The number of halogens is 1. The van der Waals surface area contributed by atoms with E-state index in [4.69, 9.17) is 5.11 Å². The summed E-state index contributed by atoms with van der Waals surface area (Å²) in [6.07, 6.45) is 1.14. The number of rotatable bonds is 3. The van der Waals surface area contributed by atoms with Crippen molar-refractivity contribution in [3.05, 3.63) is 66.0 Å². The Kier molecular flexibility index (Phi) is 3.76. The van der Waals surface area contributed by atoms with Gasteiger partial charge in [0.1, 0.15) is 5.82 Å². The number of allylic oxidation sites excluding steroid dienone is 1. The van der Waals surface area contributed by atoms with Crippen LogP contribution in [0.5, 0.6) is 0 Å². The second-order valence-electron chi connectivity index (χ2n) is 4.23. The lowest BCUT2D eigenvalue weighted by atomic mass is 9.99. The third-order valence-electron chi connectivity index (χ3n) is 2.84. The van der Waals surface area contributed by atoms with Crippen LogP contribution in [-0.4, -0.2) is 11.1 Å². The molecule has 0 heterocycles. The monoisotopic (exact) mass is 256 g/mol. The Morgan fingerprint density at radius 1 is 1.16 bits per heavy atom. The molecule has 0 amide bonds. The van der Waals surface area contributed by atoms with Crippen molar-refractivity contribution in [2.24, 2.45) is 0 Å². The maximum absolute atomic E-state index is 13.7. The molecule has 0 spiro atoms. The third kappa shape index (κ3) is 3.07. The molecule has 0 fully saturated rings. The molecule has 1 N–H and O–H groups in total. The highest BCUT2D eigenvalue weighted by molar-refractivity contribution is 5.90. The van der Waals surface area contributed by atoms with Gasteiger partial charge in [-0.25, -0.2) is 9.18 Å². The fourth-order valence-corrected chi connectivity index (χ4v) is 1.90. The number of carbonyl (C=O) groups is 1. The molecule has 0 unspecified atom stereocenters. The average Bonchev–Trinajstić information content (AvgIpc) is 2.38. The first-order valence-electron chi connectivity index (χ1n) is 5.84. The van der Waals surface area contributed by atoms with Gasteiger partial charge >= 0.3 is 5.97 Å². The van der Waals surface area contributed by atoms with Gasteiger partial charge < -0.3 is 5.11 Å². The average molecular weight is 256 g/mol. The molecule has 2 aromatic carbocycles. The molecule has 0 saturated heterocycles. The second kappa shape index (κ2) is 5.48. The maximum atomic E-state index is 13.7. The van der Waals surface area contributed by atoms with Gasteiger partial charge in [-0.2, -0.15) is 0 Å². The quantitative estimate of drug-likeness (QED) is 0.843. The van der Waals surface area contributed by atoms with Gasteiger partial charge in [0.15, 0.2) is 0 Å². The summed E-state index contributed by atoms with van der Waals surface area (Å²) < 4.78 is 13.7. The zero-order valence-electron chi connectivity index (χ0n) is 10.4. The van der Waals surface area contributed by atoms with E-state index < -0.39 is 5.97 Å². The Balaban J connectivity index is 2.46. The van der Waals surface area contributed by atoms with Crippen LogP contribution in [0.15, 0.2) is 54.6 Å². The fourth-order valence-electron chi connectivity index (χ4n) is 1.90. The topological polar surface area (TPSA) is 37.3 Å². The Labute approximate surface area is 110 Å². The summed E-state index contributed by atoms with van der Waals surface area (Å²) in [6, 6.07) is 13.7. The highest BCUT2D eigenvalue weighted by Crippen LogP contribution is 2.25. The zero-order chi connectivity index (χ0) is 13.8. The van der Waals surface area contributed by atoms with Gasteiger partial charge in [0.2, 0.25) is 0 Å². The largest absolute Gasteiger partial charge is 0.478 e. The minimum absolute atomic E-state index is 0.292. The standard InChI is InChI=1S/C16H13FO2/c1-11(9-16(18)19)12-5-4-6-13(10-12)14-7-2-3-8-15(14)17/h2-10H,1H3,(H,18,19)/b11-9+. The normalized spacial score (nSPS) is 11.4. The first-order valence-corrected chi connectivity index (χ1v) is 5.84. The van der Waals surface area contributed by atoms with Crippen LogP contribution in [0.3, 0.4) is 0 Å². The van der Waals surface area contributed by atoms with Crippen LogP contribution in [0.4, 0.5) is 4.39 Å². The van der Waals surface area contributed by atoms with Crippen molar-refractivity contribution in [1.29, 1.82) is 0 Å². The number of hydrogen-bond acceptors (Lipinski definition) is 1. The molecule has 0 radical (unpaired) electrons. The minimum atomic E-state index is -0.992. The second-order valence-corrected chi connectivity index (χ2v) is 4.23. The number of carboxylic acid groups (broad SMARTS) is 1. The molecule has 2 aromatic rings. The SMILES string of the molecule is C/C(=C\C(=O)O)c1cccc(-c2ccccc2F)c1. The van der Waals surface area contributed by atoms with Crippen molar-refractivity contribution >= 4 is 11.5 Å². The molecule has 0 bridgehead atoms. The van der Waals surface area contributed by atoms with Gasteiger partial charge in [0.25, 0.3) is 0 Å². The minimum Gasteiger partial charge on any atom is -0.478 e. The molecule has 3 heteroatoms. The first kappa shape index (κ1) is 13.0. The third-order valence-corrected chi connectivity index (χ3v) is 2.84. The van der Waals surface area contributed by atoms with Crippen LogP contribution >= 0.6 is 0 Å². The molecule has 0 aliphatic heterocycles. The Morgan fingerprint density at radius 2 is 1.89 bits per heavy atom. The van der Waals surface area contributed by atoms with E-state index in [0.717, 1.165) is 17.2 Å². The van der Waals surface area contributed by atoms with Gasteiger partial charge in [-0.1, -0.05) is 36.4 Å². The van der Waals surface area contributed by atoms with E-state index in [1.807, 2.05) is 0 Å². The van der Waals surface area contributed by atoms with Crippen LogP contribution in [0, 0.1) is 5.82 Å². The molecule has 2 rings (SSSR count). The van der Waals surface area contributed by atoms with E-state index in [1.165, 1.54) is 6.07 Å². The zero-order valence-corrected chi connectivity index (χ0v) is 10.4. The van der Waals surface area contributed by atoms with Crippen molar-refractivity contribution in [2.75, 3.05) is 0 Å². The van der Waals surface area contributed by atoms with E-state index in [1.54, 1.807) is 49.4 Å². The van der Waals surface area contributed by atoms with Crippen molar-refractivity contribution in [3.63, 3.8) is 0 Å². The van der Waals surface area contributed by atoms with Gasteiger partial charge in [-0.3, -0.25) is 0 Å². The van der Waals surface area contributed by atoms with Gasteiger partial charge in [-0.15, -0.1) is 0 Å². The van der Waals surface area contributed by atoms with Crippen molar-refractivity contribution in [3.8, 4) is 11.1 Å².